The molecule has 0 aliphatic carbocycles. The lowest BCUT2D eigenvalue weighted by Gasteiger charge is -2.21. The van der Waals surface area contributed by atoms with E-state index in [1.807, 2.05) is 0 Å². The van der Waals surface area contributed by atoms with Gasteiger partial charge >= 0.3 is 39.5 Å². The van der Waals surface area contributed by atoms with Crippen molar-refractivity contribution >= 4 is 39.5 Å². The van der Waals surface area contributed by atoms with E-state index in [-0.39, 0.29) is 25.7 Å². The monoisotopic (exact) mass is 1410 g/mol. The molecule has 0 aromatic heterocycles. The number of rotatable bonds is 77. The predicted molar refractivity (Wildman–Crippen MR) is 391 cm³/mol. The molecular weight excluding hydrogens is 1260 g/mol. The Labute approximate surface area is 588 Å². The van der Waals surface area contributed by atoms with Gasteiger partial charge in [-0.3, -0.25) is 37.3 Å². The van der Waals surface area contributed by atoms with E-state index >= 15 is 0 Å². The summed E-state index contributed by atoms with van der Waals surface area (Å²) in [6.07, 6.45) is 59.6. The van der Waals surface area contributed by atoms with E-state index in [1.165, 1.54) is 231 Å². The van der Waals surface area contributed by atoms with Crippen LogP contribution in [-0.4, -0.2) is 96.7 Å². The van der Waals surface area contributed by atoms with Crippen LogP contribution >= 0.6 is 15.6 Å². The zero-order valence-electron chi connectivity index (χ0n) is 62.5. The Morgan fingerprint density at radius 1 is 0.281 bits per heavy atom. The van der Waals surface area contributed by atoms with Gasteiger partial charge in [0.05, 0.1) is 26.4 Å². The van der Waals surface area contributed by atoms with Crippen LogP contribution in [0.3, 0.4) is 0 Å². The summed E-state index contributed by atoms with van der Waals surface area (Å²) in [5.74, 6) is -1.31. The van der Waals surface area contributed by atoms with E-state index in [0.29, 0.717) is 25.7 Å². The van der Waals surface area contributed by atoms with Gasteiger partial charge in [0.1, 0.15) is 19.3 Å². The van der Waals surface area contributed by atoms with Crippen molar-refractivity contribution in [1.82, 2.24) is 0 Å². The van der Waals surface area contributed by atoms with Gasteiger partial charge in [-0.1, -0.05) is 356 Å². The first-order valence-corrected chi connectivity index (χ1v) is 43.1. The van der Waals surface area contributed by atoms with Crippen molar-refractivity contribution in [1.29, 1.82) is 0 Å². The topological polar surface area (TPSA) is 237 Å². The first-order chi connectivity index (χ1) is 46.5. The highest BCUT2D eigenvalue weighted by Crippen LogP contribution is 2.45. The zero-order valence-corrected chi connectivity index (χ0v) is 64.3. The summed E-state index contributed by atoms with van der Waals surface area (Å²) in [5, 5.41) is 10.6. The molecule has 0 aromatic rings. The summed E-state index contributed by atoms with van der Waals surface area (Å²) in [4.78, 5) is 72.8. The van der Waals surface area contributed by atoms with Gasteiger partial charge in [-0.05, 0) is 31.6 Å². The van der Waals surface area contributed by atoms with Crippen LogP contribution in [0.15, 0.2) is 0 Å². The lowest BCUT2D eigenvalue weighted by atomic mass is 10.0. The molecule has 0 spiro atoms. The minimum Gasteiger partial charge on any atom is -0.462 e. The van der Waals surface area contributed by atoms with Gasteiger partial charge in [-0.15, -0.1) is 0 Å². The highest BCUT2D eigenvalue weighted by atomic mass is 31.2. The van der Waals surface area contributed by atoms with Crippen molar-refractivity contribution in [3.8, 4) is 0 Å². The summed E-state index contributed by atoms with van der Waals surface area (Å²) in [6.45, 7) is 7.31. The van der Waals surface area contributed by atoms with Crippen LogP contribution in [0.2, 0.25) is 0 Å². The molecule has 5 atom stereocenters. The van der Waals surface area contributed by atoms with E-state index in [2.05, 4.69) is 34.6 Å². The molecule has 0 saturated heterocycles. The number of aliphatic hydroxyl groups excluding tert-OH is 1. The Balaban J connectivity index is 5.20. The standard InChI is InChI=1S/C77H150O17P2/c1-6-9-12-15-18-21-23-24-25-26-27-28-29-34-38-43-48-53-58-63-77(82)94-73(67-88-75(80)61-56-51-46-41-37-33-31-30-32-36-40-44-49-54-59-70(4)5)69-92-96(85,86)90-65-71(78)64-89-95(83,84)91-68-72(66-87-74(79)60-55-50-45-39-20-17-14-11-8-3)93-76(81)62-57-52-47-42-35-22-19-16-13-10-7-2/h70-73,78H,6-69H2,1-5H3,(H,83,84)(H,85,86)/t71-,72+,73+/m0/s1. The molecule has 0 rings (SSSR count). The highest BCUT2D eigenvalue weighted by Gasteiger charge is 2.30. The average Bonchev–Trinajstić information content (AvgIpc) is 2.47. The normalized spacial score (nSPS) is 13.9. The molecule has 0 fully saturated rings. The summed E-state index contributed by atoms with van der Waals surface area (Å²) in [6, 6.07) is 0. The molecule has 19 heteroatoms. The van der Waals surface area contributed by atoms with Crippen LogP contribution in [0.1, 0.15) is 407 Å². The first-order valence-electron chi connectivity index (χ1n) is 40.1. The van der Waals surface area contributed by atoms with Crippen LogP contribution in [0.25, 0.3) is 0 Å². The van der Waals surface area contributed by atoms with Gasteiger partial charge in [0.2, 0.25) is 0 Å². The van der Waals surface area contributed by atoms with E-state index in [0.717, 1.165) is 95.8 Å². The molecule has 0 heterocycles. The Hall–Kier alpha value is -1.94. The largest absolute Gasteiger partial charge is 0.472 e. The molecular formula is C77H150O17P2. The van der Waals surface area contributed by atoms with Crippen molar-refractivity contribution in [3.05, 3.63) is 0 Å². The van der Waals surface area contributed by atoms with Crippen LogP contribution in [0.4, 0.5) is 0 Å². The quantitative estimate of drug-likeness (QED) is 0.0222. The number of aliphatic hydroxyl groups is 1. The Morgan fingerprint density at radius 2 is 0.479 bits per heavy atom. The molecule has 0 saturated carbocycles. The van der Waals surface area contributed by atoms with Gasteiger partial charge in [0.15, 0.2) is 12.2 Å². The zero-order chi connectivity index (χ0) is 70.5. The van der Waals surface area contributed by atoms with Crippen molar-refractivity contribution in [2.45, 2.75) is 425 Å². The summed E-state index contributed by atoms with van der Waals surface area (Å²) < 4.78 is 68.5. The van der Waals surface area contributed by atoms with Gasteiger partial charge < -0.3 is 33.8 Å². The first kappa shape index (κ1) is 94.1. The smallest absolute Gasteiger partial charge is 0.462 e. The average molecular weight is 1410 g/mol. The fourth-order valence-corrected chi connectivity index (χ4v) is 13.5. The number of ether oxygens (including phenoxy) is 4. The Morgan fingerprint density at radius 3 is 0.708 bits per heavy atom. The van der Waals surface area contributed by atoms with Crippen molar-refractivity contribution in [2.75, 3.05) is 39.6 Å². The van der Waals surface area contributed by atoms with E-state index in [9.17, 15) is 43.2 Å². The molecule has 17 nitrogen and oxygen atoms in total. The van der Waals surface area contributed by atoms with E-state index < -0.39 is 97.5 Å². The number of hydrogen-bond acceptors (Lipinski definition) is 15. The number of esters is 4. The van der Waals surface area contributed by atoms with E-state index in [1.54, 1.807) is 0 Å². The minimum absolute atomic E-state index is 0.107. The van der Waals surface area contributed by atoms with Gasteiger partial charge in [-0.2, -0.15) is 0 Å². The third kappa shape index (κ3) is 70.5. The minimum atomic E-state index is -4.96. The number of phosphoric acid groups is 2. The number of unbranched alkanes of at least 4 members (excludes halogenated alkanes) is 49. The fourth-order valence-electron chi connectivity index (χ4n) is 11.9. The van der Waals surface area contributed by atoms with E-state index in [4.69, 9.17) is 37.0 Å². The molecule has 0 aliphatic heterocycles. The molecule has 96 heavy (non-hydrogen) atoms. The summed E-state index contributed by atoms with van der Waals surface area (Å²) >= 11 is 0. The molecule has 2 unspecified atom stereocenters. The Bertz CT molecular complexity index is 1840. The van der Waals surface area contributed by atoms with Crippen LogP contribution < -0.4 is 0 Å². The van der Waals surface area contributed by atoms with Crippen LogP contribution in [0, 0.1) is 5.92 Å². The maximum absolute atomic E-state index is 13.1. The fraction of sp³-hybridized carbons (Fsp3) is 0.948. The third-order valence-electron chi connectivity index (χ3n) is 18.0. The van der Waals surface area contributed by atoms with Crippen molar-refractivity contribution < 1.29 is 80.2 Å². The van der Waals surface area contributed by atoms with Gasteiger partial charge in [-0.25, -0.2) is 9.13 Å². The maximum atomic E-state index is 13.1. The SMILES string of the molecule is CCCCCCCCCCCCCCCCCCCCCC(=O)O[C@H](COC(=O)CCCCCCCCCCCCCCCCC(C)C)COP(=O)(O)OC[C@@H](O)COP(=O)(O)OC[C@@H](COC(=O)CCCCCCCCCCC)OC(=O)CCCCCCCCCCCCC. The van der Waals surface area contributed by atoms with Gasteiger partial charge in [0.25, 0.3) is 0 Å². The number of hydrogen-bond donors (Lipinski definition) is 3. The molecule has 3 N–H and O–H groups in total. The number of carbonyl (C=O) groups is 4. The second-order valence-corrected chi connectivity index (χ2v) is 31.1. The van der Waals surface area contributed by atoms with Crippen molar-refractivity contribution in [3.63, 3.8) is 0 Å². The number of phosphoric ester groups is 2. The second kappa shape index (κ2) is 70.1. The van der Waals surface area contributed by atoms with Crippen molar-refractivity contribution in [2.24, 2.45) is 5.92 Å². The molecule has 0 aliphatic rings. The van der Waals surface area contributed by atoms with Crippen LogP contribution in [0.5, 0.6) is 0 Å². The highest BCUT2D eigenvalue weighted by molar-refractivity contribution is 7.47. The lowest BCUT2D eigenvalue weighted by molar-refractivity contribution is -0.161. The molecule has 0 radical (unpaired) electrons. The summed E-state index contributed by atoms with van der Waals surface area (Å²) in [7, 11) is -9.91. The third-order valence-corrected chi connectivity index (χ3v) is 19.9. The molecule has 570 valence electrons. The lowest BCUT2D eigenvalue weighted by Crippen LogP contribution is -2.30. The second-order valence-electron chi connectivity index (χ2n) is 28.2. The van der Waals surface area contributed by atoms with Gasteiger partial charge in [0, 0.05) is 25.7 Å². The molecule has 0 amide bonds. The maximum Gasteiger partial charge on any atom is 0.472 e. The molecule has 0 aromatic carbocycles. The van der Waals surface area contributed by atoms with Crippen LogP contribution in [-0.2, 0) is 65.4 Å². The summed E-state index contributed by atoms with van der Waals surface area (Å²) in [5.41, 5.74) is 0. The predicted octanol–water partition coefficient (Wildman–Crippen LogP) is 22.9. The molecule has 0 bridgehead atoms. The Kier molecular flexibility index (Phi) is 68.7. The number of carbonyl (C=O) groups excluding carboxylic acids is 4.